The smallest absolute Gasteiger partial charge is 0.409 e. The number of hydrogen-bond donors (Lipinski definition) is 1. The van der Waals surface area contributed by atoms with E-state index >= 15 is 0 Å². The molecule has 0 bridgehead atoms. The van der Waals surface area contributed by atoms with E-state index in [0.717, 1.165) is 13.1 Å². The van der Waals surface area contributed by atoms with Crippen molar-refractivity contribution < 1.29 is 14.6 Å². The molecule has 2 aromatic carbocycles. The Bertz CT molecular complexity index is 739. The molecule has 1 amide bonds. The van der Waals surface area contributed by atoms with Gasteiger partial charge in [-0.3, -0.25) is 4.90 Å². The van der Waals surface area contributed by atoms with Crippen LogP contribution < -0.4 is 0 Å². The number of rotatable bonds is 4. The summed E-state index contributed by atoms with van der Waals surface area (Å²) in [6.45, 7) is 4.05. The number of carbonyl (C=O) groups is 1. The minimum atomic E-state index is -0.240. The van der Waals surface area contributed by atoms with Gasteiger partial charge in [0.2, 0.25) is 0 Å². The maximum Gasteiger partial charge on any atom is 0.409 e. The molecule has 1 aliphatic heterocycles. The lowest BCUT2D eigenvalue weighted by molar-refractivity contribution is 0.0700. The van der Waals surface area contributed by atoms with Crippen LogP contribution in [-0.4, -0.2) is 66.9 Å². The van der Waals surface area contributed by atoms with Gasteiger partial charge in [-0.1, -0.05) is 48.5 Å². The summed E-state index contributed by atoms with van der Waals surface area (Å²) in [7, 11) is 0. The standard InChI is InChI=1S/C21H24N2O3/c24-14-13-22-9-11-23(12-10-22)21(25)26-15-20-18-7-3-1-5-16(18)17-6-2-4-8-19(17)20/h1-8,20,24H,9-15H2. The average Bonchev–Trinajstić information content (AvgIpc) is 3.01. The number of nitrogens with zero attached hydrogens (tertiary/aromatic N) is 2. The lowest BCUT2D eigenvalue weighted by Gasteiger charge is -2.33. The second-order valence-corrected chi connectivity index (χ2v) is 6.86. The molecule has 136 valence electrons. The van der Waals surface area contributed by atoms with Gasteiger partial charge in [0, 0.05) is 38.6 Å². The van der Waals surface area contributed by atoms with Gasteiger partial charge in [-0.25, -0.2) is 4.79 Å². The zero-order valence-corrected chi connectivity index (χ0v) is 14.8. The van der Waals surface area contributed by atoms with Gasteiger partial charge in [-0.2, -0.15) is 0 Å². The lowest BCUT2D eigenvalue weighted by atomic mass is 9.98. The monoisotopic (exact) mass is 352 g/mol. The highest BCUT2D eigenvalue weighted by Gasteiger charge is 2.30. The molecular formula is C21H24N2O3. The minimum absolute atomic E-state index is 0.0991. The Hall–Kier alpha value is -2.37. The van der Waals surface area contributed by atoms with Crippen LogP contribution in [0.25, 0.3) is 11.1 Å². The van der Waals surface area contributed by atoms with E-state index in [9.17, 15) is 4.79 Å². The quantitative estimate of drug-likeness (QED) is 0.919. The second kappa shape index (κ2) is 7.48. The van der Waals surface area contributed by atoms with E-state index in [1.165, 1.54) is 22.3 Å². The average molecular weight is 352 g/mol. The molecule has 1 fully saturated rings. The van der Waals surface area contributed by atoms with Crippen LogP contribution in [0.15, 0.2) is 48.5 Å². The molecule has 2 aromatic rings. The Morgan fingerprint density at radius 2 is 1.54 bits per heavy atom. The van der Waals surface area contributed by atoms with Crippen molar-refractivity contribution in [2.75, 3.05) is 45.9 Å². The first kappa shape index (κ1) is 17.1. The van der Waals surface area contributed by atoms with Gasteiger partial charge in [0.25, 0.3) is 0 Å². The molecule has 0 spiro atoms. The number of aliphatic hydroxyl groups is 1. The van der Waals surface area contributed by atoms with Crippen molar-refractivity contribution in [2.24, 2.45) is 0 Å². The largest absolute Gasteiger partial charge is 0.448 e. The highest BCUT2D eigenvalue weighted by molar-refractivity contribution is 5.79. The van der Waals surface area contributed by atoms with Gasteiger partial charge < -0.3 is 14.7 Å². The van der Waals surface area contributed by atoms with E-state index < -0.39 is 0 Å². The SMILES string of the molecule is O=C(OCC1c2ccccc2-c2ccccc21)N1CCN(CCO)CC1. The Morgan fingerprint density at radius 1 is 0.962 bits per heavy atom. The van der Waals surface area contributed by atoms with Crippen LogP contribution in [0.4, 0.5) is 4.79 Å². The summed E-state index contributed by atoms with van der Waals surface area (Å²) >= 11 is 0. The van der Waals surface area contributed by atoms with Gasteiger partial charge in [-0.05, 0) is 22.3 Å². The highest BCUT2D eigenvalue weighted by Crippen LogP contribution is 2.44. The summed E-state index contributed by atoms with van der Waals surface area (Å²) in [4.78, 5) is 16.4. The van der Waals surface area contributed by atoms with E-state index in [0.29, 0.717) is 26.2 Å². The number of piperazine rings is 1. The number of hydrogen-bond acceptors (Lipinski definition) is 4. The Morgan fingerprint density at radius 3 is 2.12 bits per heavy atom. The molecule has 26 heavy (non-hydrogen) atoms. The molecule has 4 rings (SSSR count). The molecule has 1 saturated heterocycles. The van der Waals surface area contributed by atoms with Crippen LogP contribution in [-0.2, 0) is 4.74 Å². The lowest BCUT2D eigenvalue weighted by Crippen LogP contribution is -2.49. The zero-order chi connectivity index (χ0) is 17.9. The molecule has 5 nitrogen and oxygen atoms in total. The van der Waals surface area contributed by atoms with E-state index in [1.54, 1.807) is 4.90 Å². The van der Waals surface area contributed by atoms with Gasteiger partial charge in [0.15, 0.2) is 0 Å². The first-order valence-corrected chi connectivity index (χ1v) is 9.21. The van der Waals surface area contributed by atoms with Crippen LogP contribution in [0, 0.1) is 0 Å². The minimum Gasteiger partial charge on any atom is -0.448 e. The normalized spacial score (nSPS) is 17.0. The van der Waals surface area contributed by atoms with Crippen molar-refractivity contribution in [3.63, 3.8) is 0 Å². The van der Waals surface area contributed by atoms with Crippen LogP contribution in [0.1, 0.15) is 17.0 Å². The van der Waals surface area contributed by atoms with Crippen LogP contribution in [0.3, 0.4) is 0 Å². The van der Waals surface area contributed by atoms with Crippen LogP contribution in [0.5, 0.6) is 0 Å². The fourth-order valence-corrected chi connectivity index (χ4v) is 3.98. The van der Waals surface area contributed by atoms with E-state index in [2.05, 4.69) is 41.3 Å². The number of amides is 1. The van der Waals surface area contributed by atoms with Crippen molar-refractivity contribution >= 4 is 6.09 Å². The van der Waals surface area contributed by atoms with Crippen LogP contribution >= 0.6 is 0 Å². The number of carbonyl (C=O) groups excluding carboxylic acids is 1. The Labute approximate surface area is 153 Å². The summed E-state index contributed by atoms with van der Waals surface area (Å²) in [5.41, 5.74) is 4.94. The van der Waals surface area contributed by atoms with Crippen molar-refractivity contribution in [1.29, 1.82) is 0 Å². The molecule has 0 saturated carbocycles. The summed E-state index contributed by atoms with van der Waals surface area (Å²) in [6.07, 6.45) is -0.240. The first-order valence-electron chi connectivity index (χ1n) is 9.21. The predicted molar refractivity (Wildman–Crippen MR) is 100 cm³/mol. The summed E-state index contributed by atoms with van der Waals surface area (Å²) in [5.74, 6) is 0.0991. The highest BCUT2D eigenvalue weighted by atomic mass is 16.6. The molecular weight excluding hydrogens is 328 g/mol. The number of benzene rings is 2. The van der Waals surface area contributed by atoms with Crippen molar-refractivity contribution in [3.05, 3.63) is 59.7 Å². The molecule has 1 heterocycles. The fourth-order valence-electron chi connectivity index (χ4n) is 3.98. The molecule has 0 atom stereocenters. The number of ether oxygens (including phenoxy) is 1. The molecule has 1 N–H and O–H groups in total. The molecule has 5 heteroatoms. The van der Waals surface area contributed by atoms with Gasteiger partial charge >= 0.3 is 6.09 Å². The third-order valence-electron chi connectivity index (χ3n) is 5.38. The summed E-state index contributed by atoms with van der Waals surface area (Å²) in [6, 6.07) is 16.7. The van der Waals surface area contributed by atoms with Crippen molar-refractivity contribution in [1.82, 2.24) is 9.80 Å². The fraction of sp³-hybridized carbons (Fsp3) is 0.381. The maximum absolute atomic E-state index is 12.5. The summed E-state index contributed by atoms with van der Waals surface area (Å²) in [5, 5.41) is 9.01. The third-order valence-corrected chi connectivity index (χ3v) is 5.38. The van der Waals surface area contributed by atoms with Crippen molar-refractivity contribution in [2.45, 2.75) is 5.92 Å². The number of aliphatic hydroxyl groups excluding tert-OH is 1. The molecule has 0 radical (unpaired) electrons. The van der Waals surface area contributed by atoms with E-state index in [1.807, 2.05) is 12.1 Å². The van der Waals surface area contributed by atoms with Gasteiger partial charge in [-0.15, -0.1) is 0 Å². The number of fused-ring (bicyclic) bond motifs is 3. The maximum atomic E-state index is 12.5. The first-order chi connectivity index (χ1) is 12.8. The number of β-amino-alcohol motifs (C(OH)–C–C–N with tert-alkyl or cyclic N) is 1. The van der Waals surface area contributed by atoms with Gasteiger partial charge in [0.1, 0.15) is 6.61 Å². The second-order valence-electron chi connectivity index (χ2n) is 6.86. The van der Waals surface area contributed by atoms with Crippen molar-refractivity contribution in [3.8, 4) is 11.1 Å². The molecule has 2 aliphatic rings. The third kappa shape index (κ3) is 3.20. The zero-order valence-electron chi connectivity index (χ0n) is 14.8. The predicted octanol–water partition coefficient (Wildman–Crippen LogP) is 2.55. The topological polar surface area (TPSA) is 53.0 Å². The molecule has 0 unspecified atom stereocenters. The van der Waals surface area contributed by atoms with Crippen LogP contribution in [0.2, 0.25) is 0 Å². The molecule has 1 aliphatic carbocycles. The Kier molecular flexibility index (Phi) is 4.91. The van der Waals surface area contributed by atoms with E-state index in [-0.39, 0.29) is 18.6 Å². The summed E-state index contributed by atoms with van der Waals surface area (Å²) < 4.78 is 5.69. The Balaban J connectivity index is 1.41. The van der Waals surface area contributed by atoms with E-state index in [4.69, 9.17) is 9.84 Å². The van der Waals surface area contributed by atoms with Gasteiger partial charge in [0.05, 0.1) is 6.61 Å². The molecule has 0 aromatic heterocycles.